The first kappa shape index (κ1) is 37.7. The number of alkyl halides is 3. The van der Waals surface area contributed by atoms with Gasteiger partial charge in [-0.15, -0.1) is 34.8 Å². The predicted octanol–water partition coefficient (Wildman–Crippen LogP) is 1.90. The largest absolute Gasteiger partial charge is 0.450 e. The zero-order chi connectivity index (χ0) is 32.6. The Morgan fingerprint density at radius 3 is 0.857 bits per heavy atom. The van der Waals surface area contributed by atoms with Gasteiger partial charge >= 0.3 is 17.9 Å². The van der Waals surface area contributed by atoms with Crippen LogP contribution < -0.4 is 0 Å². The van der Waals surface area contributed by atoms with Gasteiger partial charge in [0.1, 0.15) is 18.1 Å². The van der Waals surface area contributed by atoms with Crippen LogP contribution in [0.4, 0.5) is 0 Å². The summed E-state index contributed by atoms with van der Waals surface area (Å²) in [7, 11) is 3.87. The van der Waals surface area contributed by atoms with E-state index in [1.165, 1.54) is 21.1 Å². The van der Waals surface area contributed by atoms with Crippen LogP contribution in [0.2, 0.25) is 0 Å². The Kier molecular flexibility index (Phi) is 14.8. The summed E-state index contributed by atoms with van der Waals surface area (Å²) in [5.74, 6) is -8.10. The summed E-state index contributed by atoms with van der Waals surface area (Å²) >= 11 is 18.2. The molecule has 6 atom stereocenters. The molecule has 1 saturated heterocycles. The van der Waals surface area contributed by atoms with Gasteiger partial charge in [-0.25, -0.2) is 14.4 Å². The lowest BCUT2D eigenvalue weighted by molar-refractivity contribution is -0.178. The molecule has 0 aliphatic carbocycles. The van der Waals surface area contributed by atoms with Gasteiger partial charge in [-0.3, -0.25) is 14.4 Å². The third kappa shape index (κ3) is 8.86. The van der Waals surface area contributed by atoms with E-state index in [1.807, 2.05) is 0 Å². The standard InChI is InChI=1S/C27H42Cl3N3O9/c1-13(2)19-22(34)31(7)17(11-29)26(38)41-21(15(5)6)24(36)33(9)18(12-30)27(39)42-20(14(3)4)23(35)32(8)16(10-28)25(37)40-19/h13-21H,10-12H2,1-9H3/t16-,17-,18-,19+,20+,21+/m0/s1/i7+2,8+2,9+2. The second kappa shape index (κ2) is 16.5. The molecule has 0 spiro atoms. The Morgan fingerprint density at radius 1 is 0.524 bits per heavy atom. The number of rotatable bonds is 6. The third-order valence-electron chi connectivity index (χ3n) is 6.98. The molecule has 1 aliphatic heterocycles. The molecule has 0 radical (unpaired) electrons. The van der Waals surface area contributed by atoms with E-state index < -0.39 is 107 Å². The summed E-state index contributed by atoms with van der Waals surface area (Å²) in [6.07, 6.45) is -4.15. The van der Waals surface area contributed by atoms with E-state index in [4.69, 9.17) is 49.0 Å². The van der Waals surface area contributed by atoms with Gasteiger partial charge < -0.3 is 28.9 Å². The van der Waals surface area contributed by atoms with Crippen LogP contribution in [-0.2, 0) is 43.0 Å². The Morgan fingerprint density at radius 2 is 0.714 bits per heavy atom. The van der Waals surface area contributed by atoms with Crippen molar-refractivity contribution < 1.29 is 43.0 Å². The first-order chi connectivity index (χ1) is 19.5. The highest BCUT2D eigenvalue weighted by Crippen LogP contribution is 2.21. The molecule has 0 bridgehead atoms. The van der Waals surface area contributed by atoms with Gasteiger partial charge in [-0.05, 0) is 17.8 Å². The zero-order valence-corrected chi connectivity index (χ0v) is 27.7. The molecule has 0 saturated carbocycles. The minimum Gasteiger partial charge on any atom is -0.450 e. The second-order valence-corrected chi connectivity index (χ2v) is 12.1. The van der Waals surface area contributed by atoms with Crippen molar-refractivity contribution in [3.05, 3.63) is 0 Å². The van der Waals surface area contributed by atoms with Crippen LogP contribution in [0.1, 0.15) is 41.5 Å². The molecular weight excluding hydrogens is 623 g/mol. The molecule has 240 valence electrons. The maximum atomic E-state index is 13.5. The van der Waals surface area contributed by atoms with Gasteiger partial charge in [0.2, 0.25) is 0 Å². The number of halogens is 3. The first-order valence-corrected chi connectivity index (χ1v) is 15.2. The molecule has 1 aliphatic rings. The predicted molar refractivity (Wildman–Crippen MR) is 156 cm³/mol. The highest BCUT2D eigenvalue weighted by molar-refractivity contribution is 6.21. The highest BCUT2D eigenvalue weighted by atomic mass is 35.5. The van der Waals surface area contributed by atoms with Crippen molar-refractivity contribution in [2.75, 3.05) is 38.8 Å². The van der Waals surface area contributed by atoms with Crippen LogP contribution >= 0.6 is 34.8 Å². The molecule has 0 aromatic carbocycles. The molecule has 42 heavy (non-hydrogen) atoms. The smallest absolute Gasteiger partial charge is 0.330 e. The van der Waals surface area contributed by atoms with Gasteiger partial charge in [0.25, 0.3) is 17.7 Å². The van der Waals surface area contributed by atoms with E-state index in [2.05, 4.69) is 0 Å². The van der Waals surface area contributed by atoms with Gasteiger partial charge in [0.15, 0.2) is 18.3 Å². The lowest BCUT2D eigenvalue weighted by Crippen LogP contribution is -2.56. The monoisotopic (exact) mass is 663 g/mol. The van der Waals surface area contributed by atoms with Crippen molar-refractivity contribution in [1.82, 2.24) is 14.7 Å². The number of hydrogen-bond acceptors (Lipinski definition) is 9. The average Bonchev–Trinajstić information content (AvgIpc) is 2.92. The zero-order valence-electron chi connectivity index (χ0n) is 25.5. The highest BCUT2D eigenvalue weighted by Gasteiger charge is 2.43. The molecule has 1 heterocycles. The molecule has 12 nitrogen and oxygen atoms in total. The molecule has 15 heteroatoms. The fourth-order valence-electron chi connectivity index (χ4n) is 4.06. The van der Waals surface area contributed by atoms with Crippen molar-refractivity contribution in [2.24, 2.45) is 17.8 Å². The summed E-state index contributed by atoms with van der Waals surface area (Å²) in [4.78, 5) is 83.2. The summed E-state index contributed by atoms with van der Waals surface area (Å²) in [5, 5.41) is 0. The van der Waals surface area contributed by atoms with E-state index in [0.717, 1.165) is 14.7 Å². The normalized spacial score (nSPS) is 28.2. The Bertz CT molecular complexity index is 887. The first-order valence-electron chi connectivity index (χ1n) is 13.6. The van der Waals surface area contributed by atoms with Gasteiger partial charge in [0, 0.05) is 21.1 Å². The summed E-state index contributed by atoms with van der Waals surface area (Å²) in [5.41, 5.74) is 0. The van der Waals surface area contributed by atoms with Crippen LogP contribution in [0.25, 0.3) is 0 Å². The van der Waals surface area contributed by atoms with Crippen LogP contribution in [0.15, 0.2) is 0 Å². The van der Waals surface area contributed by atoms with E-state index >= 15 is 0 Å². The molecule has 0 unspecified atom stereocenters. The van der Waals surface area contributed by atoms with Crippen molar-refractivity contribution in [3.63, 3.8) is 0 Å². The van der Waals surface area contributed by atoms with Crippen LogP contribution in [0.3, 0.4) is 0 Å². The number of nitrogens with zero attached hydrogens (tertiary/aromatic N) is 3. The number of carbonyl (C=O) groups is 6. The Hall–Kier alpha value is -2.31. The average molecular weight is 665 g/mol. The number of amides is 3. The Balaban J connectivity index is 3.76. The van der Waals surface area contributed by atoms with Crippen LogP contribution in [0, 0.1) is 17.8 Å². The second-order valence-electron chi connectivity index (χ2n) is 11.2. The van der Waals surface area contributed by atoms with Crippen molar-refractivity contribution >= 4 is 70.4 Å². The quantitative estimate of drug-likeness (QED) is 0.237. The van der Waals surface area contributed by atoms with Gasteiger partial charge in [-0.2, -0.15) is 0 Å². The lowest BCUT2D eigenvalue weighted by Gasteiger charge is -2.35. The fraction of sp³-hybridized carbons (Fsp3) is 0.778. The summed E-state index contributed by atoms with van der Waals surface area (Å²) in [6.45, 7) is 9.74. The third-order valence-corrected chi connectivity index (χ3v) is 7.85. The molecule has 1 rings (SSSR count). The van der Waals surface area contributed by atoms with Crippen molar-refractivity contribution in [3.8, 4) is 0 Å². The Labute approximate surface area is 262 Å². The SMILES string of the molecule is CC(C)[C@H]1OC(=O)[C@H](CCl)N([14CH3])C(=O)[C@@H](C(C)C)OC(=O)[C@H](CCl)N([14CH3])C(=O)[C@@H](C(C)C)OC(=O)[C@H](CCl)N([14CH3])C1=O. The molecule has 0 aromatic rings. The number of carbonyl (C=O) groups excluding carboxylic acids is 6. The van der Waals surface area contributed by atoms with E-state index in [0.29, 0.717) is 0 Å². The van der Waals surface area contributed by atoms with E-state index in [9.17, 15) is 28.8 Å². The number of likely N-dealkylation sites (N-methyl/N-ethyl adjacent to an activating group) is 3. The maximum Gasteiger partial charge on any atom is 0.330 e. The maximum absolute atomic E-state index is 13.5. The van der Waals surface area contributed by atoms with E-state index in [1.54, 1.807) is 41.5 Å². The van der Waals surface area contributed by atoms with Crippen molar-refractivity contribution in [2.45, 2.75) is 78.0 Å². The van der Waals surface area contributed by atoms with Crippen molar-refractivity contribution in [1.29, 1.82) is 0 Å². The number of cyclic esters (lactones) is 3. The number of esters is 3. The van der Waals surface area contributed by atoms with Gasteiger partial charge in [0.05, 0.1) is 17.6 Å². The molecule has 0 N–H and O–H groups in total. The number of hydrogen-bond donors (Lipinski definition) is 0. The summed E-state index contributed by atoms with van der Waals surface area (Å²) < 4.78 is 16.6. The minimum atomic E-state index is -1.38. The van der Waals surface area contributed by atoms with Crippen LogP contribution in [0.5, 0.6) is 0 Å². The lowest BCUT2D eigenvalue weighted by atomic mass is 10.0. The van der Waals surface area contributed by atoms with Gasteiger partial charge in [-0.1, -0.05) is 41.5 Å². The van der Waals surface area contributed by atoms with E-state index in [-0.39, 0.29) is 0 Å². The fourth-order valence-corrected chi connectivity index (χ4v) is 5.06. The van der Waals surface area contributed by atoms with Crippen LogP contribution in [-0.4, -0.2) is 126 Å². The minimum absolute atomic E-state index is 0.399. The molecule has 1 fully saturated rings. The summed E-state index contributed by atoms with van der Waals surface area (Å²) in [6, 6.07) is -4.07. The molecular formula is C27H42Cl3N3O9. The number of ether oxygens (including phenoxy) is 3. The molecule has 0 aromatic heterocycles. The molecule has 3 amide bonds. The topological polar surface area (TPSA) is 140 Å².